The highest BCUT2D eigenvalue weighted by Gasteiger charge is 2.13. The zero-order valence-electron chi connectivity index (χ0n) is 11.0. The molecule has 0 aliphatic rings. The van der Waals surface area contributed by atoms with Crippen molar-refractivity contribution in [3.8, 4) is 0 Å². The Morgan fingerprint density at radius 2 is 2.05 bits per heavy atom. The van der Waals surface area contributed by atoms with Crippen LogP contribution in [-0.4, -0.2) is 15.7 Å². The smallest absolute Gasteiger partial charge is 0.273 e. The third-order valence-corrected chi connectivity index (χ3v) is 3.11. The van der Waals surface area contributed by atoms with Crippen molar-refractivity contribution in [2.75, 3.05) is 5.32 Å². The van der Waals surface area contributed by atoms with E-state index in [0.29, 0.717) is 18.1 Å². The van der Waals surface area contributed by atoms with Crippen molar-refractivity contribution < 1.29 is 4.79 Å². The number of hydrogen-bond acceptors (Lipinski definition) is 2. The summed E-state index contributed by atoms with van der Waals surface area (Å²) in [7, 11) is 0. The highest BCUT2D eigenvalue weighted by molar-refractivity contribution is 6.17. The van der Waals surface area contributed by atoms with Gasteiger partial charge in [0.25, 0.3) is 5.91 Å². The van der Waals surface area contributed by atoms with Crippen LogP contribution in [0.15, 0.2) is 30.3 Å². The molecule has 0 atom stereocenters. The number of nitrogens with zero attached hydrogens (tertiary/aromatic N) is 2. The van der Waals surface area contributed by atoms with Crippen molar-refractivity contribution in [1.29, 1.82) is 0 Å². The molecule has 2 aromatic rings. The topological polar surface area (TPSA) is 46.9 Å². The molecule has 0 aliphatic heterocycles. The molecule has 4 nitrogen and oxygen atoms in total. The number of rotatable bonds is 4. The van der Waals surface area contributed by atoms with Gasteiger partial charge in [-0.3, -0.25) is 9.48 Å². The number of carbonyl (C=O) groups excluding carboxylic acids is 1. The summed E-state index contributed by atoms with van der Waals surface area (Å²) in [5.74, 6) is 0.316. The lowest BCUT2D eigenvalue weighted by atomic mass is 10.2. The number of aryl methyl sites for hydroxylation is 2. The Morgan fingerprint density at radius 1 is 1.37 bits per heavy atom. The predicted molar refractivity (Wildman–Crippen MR) is 76.6 cm³/mol. The number of aromatic nitrogens is 2. The van der Waals surface area contributed by atoms with Crippen LogP contribution in [0, 0.1) is 6.92 Å². The van der Waals surface area contributed by atoms with Gasteiger partial charge < -0.3 is 5.32 Å². The first-order valence-corrected chi connectivity index (χ1v) is 6.68. The Bertz CT molecular complexity index is 575. The first-order valence-electron chi connectivity index (χ1n) is 6.14. The summed E-state index contributed by atoms with van der Waals surface area (Å²) in [6.45, 7) is 4.50. The summed E-state index contributed by atoms with van der Waals surface area (Å²) >= 11 is 5.72. The van der Waals surface area contributed by atoms with Crippen molar-refractivity contribution in [1.82, 2.24) is 9.78 Å². The SMILES string of the molecule is CCn1nc(C)cc1C(=O)Nc1ccc(CCl)cc1. The van der Waals surface area contributed by atoms with E-state index in [-0.39, 0.29) is 5.91 Å². The third-order valence-electron chi connectivity index (χ3n) is 2.80. The van der Waals surface area contributed by atoms with Crippen molar-refractivity contribution >= 4 is 23.2 Å². The van der Waals surface area contributed by atoms with Crippen LogP contribution in [0.25, 0.3) is 0 Å². The molecular weight excluding hydrogens is 262 g/mol. The summed E-state index contributed by atoms with van der Waals surface area (Å²) in [4.78, 5) is 12.2. The van der Waals surface area contributed by atoms with Crippen LogP contribution in [0.2, 0.25) is 0 Å². The lowest BCUT2D eigenvalue weighted by Crippen LogP contribution is -2.17. The van der Waals surface area contributed by atoms with Gasteiger partial charge in [-0.05, 0) is 37.6 Å². The monoisotopic (exact) mass is 277 g/mol. The summed E-state index contributed by atoms with van der Waals surface area (Å²) in [5, 5.41) is 7.11. The second kappa shape index (κ2) is 5.89. The third kappa shape index (κ3) is 3.15. The van der Waals surface area contributed by atoms with Gasteiger partial charge in [0, 0.05) is 18.1 Å². The molecule has 1 amide bonds. The predicted octanol–water partition coefficient (Wildman–Crippen LogP) is 3.20. The van der Waals surface area contributed by atoms with Gasteiger partial charge in [0.1, 0.15) is 5.69 Å². The minimum atomic E-state index is -0.152. The summed E-state index contributed by atoms with van der Waals surface area (Å²) in [6, 6.07) is 9.26. The Labute approximate surface area is 117 Å². The minimum Gasteiger partial charge on any atom is -0.321 e. The lowest BCUT2D eigenvalue weighted by Gasteiger charge is -2.07. The van der Waals surface area contributed by atoms with Crippen LogP contribution >= 0.6 is 11.6 Å². The Balaban J connectivity index is 2.15. The summed E-state index contributed by atoms with van der Waals surface area (Å²) < 4.78 is 1.69. The minimum absolute atomic E-state index is 0.152. The Hall–Kier alpha value is -1.81. The Morgan fingerprint density at radius 3 is 2.63 bits per heavy atom. The average molecular weight is 278 g/mol. The fraction of sp³-hybridized carbons (Fsp3) is 0.286. The second-order valence-corrected chi connectivity index (χ2v) is 4.54. The maximum absolute atomic E-state index is 12.2. The van der Waals surface area contributed by atoms with E-state index in [9.17, 15) is 4.79 Å². The van der Waals surface area contributed by atoms with E-state index in [0.717, 1.165) is 16.9 Å². The number of benzene rings is 1. The maximum Gasteiger partial charge on any atom is 0.273 e. The van der Waals surface area contributed by atoms with Crippen molar-refractivity contribution in [2.24, 2.45) is 0 Å². The van der Waals surface area contributed by atoms with Crippen molar-refractivity contribution in [3.63, 3.8) is 0 Å². The molecule has 0 spiro atoms. The quantitative estimate of drug-likeness (QED) is 0.873. The molecule has 100 valence electrons. The molecular formula is C14H16ClN3O. The van der Waals surface area contributed by atoms with Gasteiger partial charge in [0.15, 0.2) is 0 Å². The molecule has 19 heavy (non-hydrogen) atoms. The standard InChI is InChI=1S/C14H16ClN3O/c1-3-18-13(8-10(2)17-18)14(19)16-12-6-4-11(9-15)5-7-12/h4-8H,3,9H2,1-2H3,(H,16,19). The van der Waals surface area contributed by atoms with Crippen LogP contribution in [0.1, 0.15) is 28.7 Å². The number of halogens is 1. The maximum atomic E-state index is 12.2. The largest absolute Gasteiger partial charge is 0.321 e. The molecule has 1 N–H and O–H groups in total. The van der Waals surface area contributed by atoms with Crippen molar-refractivity contribution in [2.45, 2.75) is 26.3 Å². The molecule has 0 fully saturated rings. The number of alkyl halides is 1. The number of carbonyl (C=O) groups is 1. The van der Waals surface area contributed by atoms with Gasteiger partial charge in [-0.2, -0.15) is 5.10 Å². The van der Waals surface area contributed by atoms with Crippen molar-refractivity contribution in [3.05, 3.63) is 47.3 Å². The average Bonchev–Trinajstić information content (AvgIpc) is 2.81. The highest BCUT2D eigenvalue weighted by Crippen LogP contribution is 2.13. The second-order valence-electron chi connectivity index (χ2n) is 4.27. The molecule has 0 radical (unpaired) electrons. The molecule has 2 rings (SSSR count). The Kier molecular flexibility index (Phi) is 4.22. The van der Waals surface area contributed by atoms with Gasteiger partial charge in [0.05, 0.1) is 5.69 Å². The molecule has 0 saturated carbocycles. The van der Waals surface area contributed by atoms with E-state index in [1.807, 2.05) is 38.1 Å². The number of hydrogen-bond donors (Lipinski definition) is 1. The molecule has 1 heterocycles. The zero-order chi connectivity index (χ0) is 13.8. The van der Waals surface area contributed by atoms with E-state index < -0.39 is 0 Å². The molecule has 0 aliphatic carbocycles. The normalized spacial score (nSPS) is 10.5. The van der Waals surface area contributed by atoms with Crippen LogP contribution in [-0.2, 0) is 12.4 Å². The van der Waals surface area contributed by atoms with Crippen LogP contribution in [0.3, 0.4) is 0 Å². The van der Waals surface area contributed by atoms with Gasteiger partial charge in [0.2, 0.25) is 0 Å². The van der Waals surface area contributed by atoms with Crippen LogP contribution in [0.4, 0.5) is 5.69 Å². The van der Waals surface area contributed by atoms with Gasteiger partial charge in [-0.1, -0.05) is 12.1 Å². The fourth-order valence-corrected chi connectivity index (χ4v) is 2.02. The zero-order valence-corrected chi connectivity index (χ0v) is 11.7. The molecule has 0 bridgehead atoms. The summed E-state index contributed by atoms with van der Waals surface area (Å²) in [6.07, 6.45) is 0. The van der Waals surface area contributed by atoms with E-state index in [1.165, 1.54) is 0 Å². The van der Waals surface area contributed by atoms with E-state index in [4.69, 9.17) is 11.6 Å². The molecule has 1 aromatic carbocycles. The molecule has 0 unspecified atom stereocenters. The lowest BCUT2D eigenvalue weighted by molar-refractivity contribution is 0.101. The van der Waals surface area contributed by atoms with E-state index in [2.05, 4.69) is 10.4 Å². The van der Waals surface area contributed by atoms with Gasteiger partial charge >= 0.3 is 0 Å². The van der Waals surface area contributed by atoms with E-state index in [1.54, 1.807) is 10.7 Å². The molecule has 0 saturated heterocycles. The molecule has 5 heteroatoms. The number of amides is 1. The van der Waals surface area contributed by atoms with Gasteiger partial charge in [-0.25, -0.2) is 0 Å². The highest BCUT2D eigenvalue weighted by atomic mass is 35.5. The van der Waals surface area contributed by atoms with Crippen LogP contribution < -0.4 is 5.32 Å². The summed E-state index contributed by atoms with van der Waals surface area (Å²) in [5.41, 5.74) is 3.18. The van der Waals surface area contributed by atoms with Crippen LogP contribution in [0.5, 0.6) is 0 Å². The van der Waals surface area contributed by atoms with E-state index >= 15 is 0 Å². The van der Waals surface area contributed by atoms with Gasteiger partial charge in [-0.15, -0.1) is 11.6 Å². The number of anilines is 1. The fourth-order valence-electron chi connectivity index (χ4n) is 1.84. The first-order chi connectivity index (χ1) is 9.13. The number of nitrogens with one attached hydrogen (secondary N) is 1. The molecule has 1 aromatic heterocycles. The first kappa shape index (κ1) is 13.6.